The third kappa shape index (κ3) is 5.87. The molecule has 2 aliphatic rings. The van der Waals surface area contributed by atoms with Gasteiger partial charge in [0.25, 0.3) is 0 Å². The van der Waals surface area contributed by atoms with Crippen LogP contribution in [0.1, 0.15) is 60.7 Å². The van der Waals surface area contributed by atoms with Crippen molar-refractivity contribution in [3.63, 3.8) is 0 Å². The number of allylic oxidation sites excluding steroid dienone is 2. The van der Waals surface area contributed by atoms with E-state index in [1.54, 1.807) is 20.8 Å². The lowest BCUT2D eigenvalue weighted by Gasteiger charge is -2.19. The van der Waals surface area contributed by atoms with E-state index >= 15 is 0 Å². The molecule has 2 heterocycles. The number of esters is 1. The number of carbonyl (C=O) groups excluding carboxylic acids is 2. The summed E-state index contributed by atoms with van der Waals surface area (Å²) in [5, 5.41) is 8.92. The molecule has 0 bridgehead atoms. The molecule has 1 unspecified atom stereocenters. The molecule has 1 N–H and O–H groups in total. The number of methoxy groups -OCH3 is 1. The van der Waals surface area contributed by atoms with Crippen LogP contribution in [0.15, 0.2) is 11.6 Å². The van der Waals surface area contributed by atoms with Crippen molar-refractivity contribution in [2.24, 2.45) is 0 Å². The first kappa shape index (κ1) is 25.5. The molecule has 186 valence electrons. The standard InChI is InChI=1S/C24H30O10/c1-13(7-9-18(25)26)6-8-16-20(29-5)14(2)17-12-30-22(27)19(17)21(16)33-23(28)31-10-15-11-32-24(3,4)34-15/h6,15H,7-12H2,1-5H3,(H,25,26)/b13-6+. The summed E-state index contributed by atoms with van der Waals surface area (Å²) in [5.74, 6) is -1.79. The van der Waals surface area contributed by atoms with Gasteiger partial charge >= 0.3 is 18.1 Å². The molecule has 1 atom stereocenters. The van der Waals surface area contributed by atoms with Gasteiger partial charge in [-0.05, 0) is 46.1 Å². The van der Waals surface area contributed by atoms with Crippen molar-refractivity contribution in [3.8, 4) is 11.5 Å². The molecule has 10 heteroatoms. The van der Waals surface area contributed by atoms with Crippen LogP contribution in [-0.2, 0) is 36.8 Å². The molecule has 2 aliphatic heterocycles. The Morgan fingerprint density at radius 3 is 2.59 bits per heavy atom. The molecule has 1 saturated heterocycles. The van der Waals surface area contributed by atoms with Crippen molar-refractivity contribution >= 4 is 18.1 Å². The lowest BCUT2D eigenvalue weighted by atomic mass is 9.94. The Morgan fingerprint density at radius 2 is 1.97 bits per heavy atom. The Kier molecular flexibility index (Phi) is 7.83. The number of carboxylic acids is 1. The molecular formula is C24H30O10. The van der Waals surface area contributed by atoms with Gasteiger partial charge in [-0.3, -0.25) is 4.79 Å². The minimum atomic E-state index is -1.01. The summed E-state index contributed by atoms with van der Waals surface area (Å²) in [5.41, 5.74) is 2.73. The molecule has 0 spiro atoms. The molecule has 0 saturated carbocycles. The second-order valence-corrected chi connectivity index (χ2v) is 8.66. The predicted octanol–water partition coefficient (Wildman–Crippen LogP) is 3.69. The summed E-state index contributed by atoms with van der Waals surface area (Å²) in [6.45, 7) is 7.36. The van der Waals surface area contributed by atoms with Crippen LogP contribution in [0.4, 0.5) is 4.79 Å². The van der Waals surface area contributed by atoms with Gasteiger partial charge in [-0.2, -0.15) is 0 Å². The lowest BCUT2D eigenvalue weighted by molar-refractivity contribution is -0.143. The van der Waals surface area contributed by atoms with Crippen molar-refractivity contribution < 1.29 is 47.9 Å². The van der Waals surface area contributed by atoms with Gasteiger partial charge in [0.05, 0.1) is 13.7 Å². The normalized spacial score (nSPS) is 18.9. The van der Waals surface area contributed by atoms with Crippen molar-refractivity contribution in [1.82, 2.24) is 0 Å². The second-order valence-electron chi connectivity index (χ2n) is 8.66. The fraction of sp³-hybridized carbons (Fsp3) is 0.542. The van der Waals surface area contributed by atoms with Crippen LogP contribution in [-0.4, -0.2) is 55.4 Å². The first-order chi connectivity index (χ1) is 16.0. The number of fused-ring (bicyclic) bond motifs is 1. The fourth-order valence-electron chi connectivity index (χ4n) is 3.92. The summed E-state index contributed by atoms with van der Waals surface area (Å²) >= 11 is 0. The van der Waals surface area contributed by atoms with Gasteiger partial charge in [-0.15, -0.1) is 0 Å². The molecule has 0 aromatic heterocycles. The Balaban J connectivity index is 1.87. The summed E-state index contributed by atoms with van der Waals surface area (Å²) in [6, 6.07) is 0. The van der Waals surface area contributed by atoms with Gasteiger partial charge in [-0.25, -0.2) is 9.59 Å². The number of ether oxygens (including phenoxy) is 6. The zero-order chi connectivity index (χ0) is 25.0. The maximum absolute atomic E-state index is 12.6. The van der Waals surface area contributed by atoms with Gasteiger partial charge in [-0.1, -0.05) is 11.6 Å². The van der Waals surface area contributed by atoms with Gasteiger partial charge in [0.1, 0.15) is 30.6 Å². The topological polar surface area (TPSA) is 127 Å². The highest BCUT2D eigenvalue weighted by Crippen LogP contribution is 2.43. The van der Waals surface area contributed by atoms with Crippen LogP contribution in [0.5, 0.6) is 11.5 Å². The van der Waals surface area contributed by atoms with Crippen LogP contribution >= 0.6 is 0 Å². The molecule has 1 aromatic carbocycles. The van der Waals surface area contributed by atoms with E-state index < -0.39 is 30.0 Å². The van der Waals surface area contributed by atoms with Gasteiger partial charge in [0, 0.05) is 17.5 Å². The highest BCUT2D eigenvalue weighted by Gasteiger charge is 2.36. The van der Waals surface area contributed by atoms with E-state index in [9.17, 15) is 14.4 Å². The van der Waals surface area contributed by atoms with Crippen molar-refractivity contribution in [2.45, 2.75) is 65.5 Å². The minimum Gasteiger partial charge on any atom is -0.496 e. The molecule has 0 radical (unpaired) electrons. The summed E-state index contributed by atoms with van der Waals surface area (Å²) < 4.78 is 32.6. The molecule has 0 aliphatic carbocycles. The highest BCUT2D eigenvalue weighted by atomic mass is 16.8. The Labute approximate surface area is 197 Å². The Bertz CT molecular complexity index is 1010. The molecule has 10 nitrogen and oxygen atoms in total. The second kappa shape index (κ2) is 10.4. The monoisotopic (exact) mass is 478 g/mol. The Hall–Kier alpha value is -3.11. The van der Waals surface area contributed by atoms with Gasteiger partial charge < -0.3 is 33.5 Å². The summed E-state index contributed by atoms with van der Waals surface area (Å²) in [6.07, 6.45) is 0.971. The summed E-state index contributed by atoms with van der Waals surface area (Å²) in [4.78, 5) is 36.0. The quantitative estimate of drug-likeness (QED) is 0.319. The van der Waals surface area contributed by atoms with E-state index in [0.717, 1.165) is 5.57 Å². The number of hydrogen-bond acceptors (Lipinski definition) is 9. The molecule has 34 heavy (non-hydrogen) atoms. The van der Waals surface area contributed by atoms with Crippen LogP contribution < -0.4 is 9.47 Å². The highest BCUT2D eigenvalue weighted by molar-refractivity contribution is 5.98. The van der Waals surface area contributed by atoms with Gasteiger partial charge in [0.15, 0.2) is 11.5 Å². The number of aliphatic carboxylic acids is 1. The van der Waals surface area contributed by atoms with Crippen LogP contribution in [0.25, 0.3) is 0 Å². The van der Waals surface area contributed by atoms with Crippen LogP contribution in [0.2, 0.25) is 0 Å². The fourth-order valence-corrected chi connectivity index (χ4v) is 3.92. The van der Waals surface area contributed by atoms with Crippen molar-refractivity contribution in [2.75, 3.05) is 20.3 Å². The molecule has 1 fully saturated rings. The number of carbonyl (C=O) groups is 3. The smallest absolute Gasteiger partial charge is 0.496 e. The molecular weight excluding hydrogens is 448 g/mol. The van der Waals surface area contributed by atoms with E-state index in [0.29, 0.717) is 28.9 Å². The van der Waals surface area contributed by atoms with Crippen LogP contribution in [0, 0.1) is 6.92 Å². The SMILES string of the molecule is COc1c(C)c2c(c(OC(=O)OCC3COC(C)(C)O3)c1C/C=C(\C)CCC(=O)O)C(=O)OC2. The van der Waals surface area contributed by atoms with E-state index in [2.05, 4.69) is 0 Å². The lowest BCUT2D eigenvalue weighted by Crippen LogP contribution is -2.26. The largest absolute Gasteiger partial charge is 0.513 e. The zero-order valence-corrected chi connectivity index (χ0v) is 20.0. The molecule has 1 aromatic rings. The number of benzene rings is 1. The predicted molar refractivity (Wildman–Crippen MR) is 118 cm³/mol. The van der Waals surface area contributed by atoms with E-state index in [1.807, 2.05) is 13.0 Å². The Morgan fingerprint density at radius 1 is 1.24 bits per heavy atom. The van der Waals surface area contributed by atoms with E-state index in [4.69, 9.17) is 33.5 Å². The first-order valence-corrected chi connectivity index (χ1v) is 11.0. The molecule has 3 rings (SSSR count). The number of cyclic esters (lactones) is 1. The maximum Gasteiger partial charge on any atom is 0.513 e. The third-order valence-electron chi connectivity index (χ3n) is 5.65. The van der Waals surface area contributed by atoms with E-state index in [-0.39, 0.29) is 44.0 Å². The molecule has 0 amide bonds. The van der Waals surface area contributed by atoms with Crippen LogP contribution in [0.3, 0.4) is 0 Å². The van der Waals surface area contributed by atoms with E-state index in [1.165, 1.54) is 7.11 Å². The number of hydrogen-bond donors (Lipinski definition) is 1. The third-order valence-corrected chi connectivity index (χ3v) is 5.65. The first-order valence-electron chi connectivity index (χ1n) is 11.0. The number of carboxylic acid groups (broad SMARTS) is 1. The van der Waals surface area contributed by atoms with Crippen molar-refractivity contribution in [3.05, 3.63) is 33.9 Å². The summed E-state index contributed by atoms with van der Waals surface area (Å²) in [7, 11) is 1.48. The minimum absolute atomic E-state index is 0.00551. The maximum atomic E-state index is 12.6. The zero-order valence-electron chi connectivity index (χ0n) is 20.0. The average molecular weight is 478 g/mol. The van der Waals surface area contributed by atoms with Gasteiger partial charge in [0.2, 0.25) is 0 Å². The average Bonchev–Trinajstić information content (AvgIpc) is 3.33. The van der Waals surface area contributed by atoms with Crippen molar-refractivity contribution in [1.29, 1.82) is 0 Å². The number of rotatable bonds is 9.